The predicted molar refractivity (Wildman–Crippen MR) is 101 cm³/mol. The molecule has 140 valence electrons. The summed E-state index contributed by atoms with van der Waals surface area (Å²) in [6.45, 7) is 0.959. The molecule has 1 aliphatic rings. The minimum atomic E-state index is -3.52. The molecule has 1 aromatic heterocycles. The molecule has 5 nitrogen and oxygen atoms in total. The summed E-state index contributed by atoms with van der Waals surface area (Å²) < 4.78 is 40.4. The van der Waals surface area contributed by atoms with Gasteiger partial charge in [0.1, 0.15) is 11.6 Å². The number of hydrogen-bond donors (Lipinski definition) is 1. The van der Waals surface area contributed by atoms with Crippen LogP contribution in [0, 0.1) is 5.82 Å². The predicted octanol–water partition coefficient (Wildman–Crippen LogP) is 3.78. The third-order valence-electron chi connectivity index (χ3n) is 5.03. The number of piperidine rings is 1. The summed E-state index contributed by atoms with van der Waals surface area (Å²) in [4.78, 5) is 7.68. The minimum Gasteiger partial charge on any atom is -0.348 e. The van der Waals surface area contributed by atoms with Crippen molar-refractivity contribution in [2.75, 3.05) is 13.1 Å². The van der Waals surface area contributed by atoms with Crippen LogP contribution in [0.5, 0.6) is 0 Å². The van der Waals surface area contributed by atoms with E-state index in [0.717, 1.165) is 29.8 Å². The number of sulfonamides is 1. The lowest BCUT2D eigenvalue weighted by molar-refractivity contribution is 0.314. The van der Waals surface area contributed by atoms with Crippen LogP contribution in [0.1, 0.15) is 24.6 Å². The SMILES string of the molecule is O=S(=O)(c1ccc(-c2ccc(F)cc2)cc1)N1CCC(c2ncc[nH]2)CC1. The van der Waals surface area contributed by atoms with Gasteiger partial charge in [0.05, 0.1) is 4.90 Å². The normalized spacial score (nSPS) is 16.5. The molecule has 27 heavy (non-hydrogen) atoms. The molecular weight excluding hydrogens is 365 g/mol. The first kappa shape index (κ1) is 17.9. The molecular formula is C20H20FN3O2S. The van der Waals surface area contributed by atoms with E-state index < -0.39 is 10.0 Å². The lowest BCUT2D eigenvalue weighted by atomic mass is 9.98. The van der Waals surface area contributed by atoms with Crippen molar-refractivity contribution in [1.29, 1.82) is 0 Å². The molecule has 0 bridgehead atoms. The molecule has 0 amide bonds. The Morgan fingerprint density at radius 3 is 2.11 bits per heavy atom. The van der Waals surface area contributed by atoms with E-state index in [-0.39, 0.29) is 16.6 Å². The van der Waals surface area contributed by atoms with E-state index in [2.05, 4.69) is 9.97 Å². The van der Waals surface area contributed by atoms with Crippen LogP contribution >= 0.6 is 0 Å². The van der Waals surface area contributed by atoms with Crippen molar-refractivity contribution in [3.05, 3.63) is 72.6 Å². The van der Waals surface area contributed by atoms with Gasteiger partial charge in [-0.15, -0.1) is 0 Å². The van der Waals surface area contributed by atoms with Crippen LogP contribution in [0.25, 0.3) is 11.1 Å². The lowest BCUT2D eigenvalue weighted by Gasteiger charge is -2.30. The van der Waals surface area contributed by atoms with Gasteiger partial charge in [0.15, 0.2) is 0 Å². The first-order chi connectivity index (χ1) is 13.0. The highest BCUT2D eigenvalue weighted by Gasteiger charge is 2.30. The number of nitrogens with zero attached hydrogens (tertiary/aromatic N) is 2. The summed E-state index contributed by atoms with van der Waals surface area (Å²) in [5, 5.41) is 0. The standard InChI is InChI=1S/C20H20FN3O2S/c21-18-5-1-15(2-6-18)16-3-7-19(8-4-16)27(25,26)24-13-9-17(10-14-24)20-22-11-12-23-20/h1-8,11-12,17H,9-10,13-14H2,(H,22,23). The summed E-state index contributed by atoms with van der Waals surface area (Å²) in [5.41, 5.74) is 1.70. The summed E-state index contributed by atoms with van der Waals surface area (Å²) in [6.07, 6.45) is 5.02. The van der Waals surface area contributed by atoms with Crippen LogP contribution in [0.15, 0.2) is 65.8 Å². The molecule has 2 heterocycles. The first-order valence-electron chi connectivity index (χ1n) is 8.89. The monoisotopic (exact) mass is 385 g/mol. The van der Waals surface area contributed by atoms with Crippen molar-refractivity contribution in [1.82, 2.24) is 14.3 Å². The highest BCUT2D eigenvalue weighted by atomic mass is 32.2. The van der Waals surface area contributed by atoms with E-state index >= 15 is 0 Å². The molecule has 2 aromatic carbocycles. The molecule has 1 fully saturated rings. The summed E-state index contributed by atoms with van der Waals surface area (Å²) in [6, 6.07) is 12.9. The molecule has 1 N–H and O–H groups in total. The van der Waals surface area contributed by atoms with E-state index in [4.69, 9.17) is 0 Å². The maximum Gasteiger partial charge on any atom is 0.243 e. The molecule has 0 atom stereocenters. The molecule has 0 spiro atoms. The third kappa shape index (κ3) is 3.65. The van der Waals surface area contributed by atoms with Crippen LogP contribution in [0.3, 0.4) is 0 Å². The average molecular weight is 385 g/mol. The molecule has 1 aliphatic heterocycles. The molecule has 0 aliphatic carbocycles. The van der Waals surface area contributed by atoms with Gasteiger partial charge in [0.25, 0.3) is 0 Å². The van der Waals surface area contributed by atoms with E-state index in [1.54, 1.807) is 53.1 Å². The maximum absolute atomic E-state index is 13.1. The molecule has 3 aromatic rings. The smallest absolute Gasteiger partial charge is 0.243 e. The highest BCUT2D eigenvalue weighted by Crippen LogP contribution is 2.29. The van der Waals surface area contributed by atoms with Crippen molar-refractivity contribution < 1.29 is 12.8 Å². The van der Waals surface area contributed by atoms with Crippen molar-refractivity contribution in [2.24, 2.45) is 0 Å². The van der Waals surface area contributed by atoms with Crippen molar-refractivity contribution in [3.8, 4) is 11.1 Å². The van der Waals surface area contributed by atoms with Gasteiger partial charge in [-0.05, 0) is 48.2 Å². The number of aromatic nitrogens is 2. The molecule has 0 radical (unpaired) electrons. The van der Waals surface area contributed by atoms with E-state index in [1.807, 2.05) is 0 Å². The number of benzene rings is 2. The van der Waals surface area contributed by atoms with Crippen LogP contribution in [0.4, 0.5) is 4.39 Å². The fourth-order valence-corrected chi connectivity index (χ4v) is 4.95. The van der Waals surface area contributed by atoms with E-state index in [9.17, 15) is 12.8 Å². The Morgan fingerprint density at radius 1 is 0.963 bits per heavy atom. The summed E-state index contributed by atoms with van der Waals surface area (Å²) in [7, 11) is -3.52. The summed E-state index contributed by atoms with van der Waals surface area (Å²) in [5.74, 6) is 0.902. The second kappa shape index (κ2) is 7.25. The third-order valence-corrected chi connectivity index (χ3v) is 6.94. The zero-order valence-electron chi connectivity index (χ0n) is 14.7. The largest absolute Gasteiger partial charge is 0.348 e. The lowest BCUT2D eigenvalue weighted by Crippen LogP contribution is -2.38. The molecule has 0 unspecified atom stereocenters. The van der Waals surface area contributed by atoms with Crippen LogP contribution in [-0.2, 0) is 10.0 Å². The Kier molecular flexibility index (Phi) is 4.80. The van der Waals surface area contributed by atoms with E-state index in [0.29, 0.717) is 13.1 Å². The summed E-state index contributed by atoms with van der Waals surface area (Å²) >= 11 is 0. The number of aromatic amines is 1. The molecule has 0 saturated carbocycles. The minimum absolute atomic E-state index is 0.271. The van der Waals surface area contributed by atoms with Gasteiger partial charge in [0.2, 0.25) is 10.0 Å². The van der Waals surface area contributed by atoms with Gasteiger partial charge in [-0.1, -0.05) is 24.3 Å². The van der Waals surface area contributed by atoms with Gasteiger partial charge in [-0.3, -0.25) is 0 Å². The Hall–Kier alpha value is -2.51. The number of hydrogen-bond acceptors (Lipinski definition) is 3. The Bertz CT molecular complexity index is 992. The zero-order valence-corrected chi connectivity index (χ0v) is 15.5. The van der Waals surface area contributed by atoms with Gasteiger partial charge >= 0.3 is 0 Å². The second-order valence-corrected chi connectivity index (χ2v) is 8.62. The fourth-order valence-electron chi connectivity index (χ4n) is 3.48. The van der Waals surface area contributed by atoms with Crippen LogP contribution < -0.4 is 0 Å². The van der Waals surface area contributed by atoms with Crippen molar-refractivity contribution >= 4 is 10.0 Å². The Balaban J connectivity index is 1.48. The van der Waals surface area contributed by atoms with Gasteiger partial charge in [-0.25, -0.2) is 17.8 Å². The number of imidazole rings is 1. The molecule has 7 heteroatoms. The van der Waals surface area contributed by atoms with Crippen molar-refractivity contribution in [2.45, 2.75) is 23.7 Å². The van der Waals surface area contributed by atoms with E-state index in [1.165, 1.54) is 12.1 Å². The van der Waals surface area contributed by atoms with Gasteiger partial charge in [0, 0.05) is 31.4 Å². The molecule has 1 saturated heterocycles. The quantitative estimate of drug-likeness (QED) is 0.743. The number of nitrogens with one attached hydrogen (secondary N) is 1. The maximum atomic E-state index is 13.1. The number of rotatable bonds is 4. The van der Waals surface area contributed by atoms with Crippen LogP contribution in [0.2, 0.25) is 0 Å². The van der Waals surface area contributed by atoms with Gasteiger partial charge < -0.3 is 4.98 Å². The molecule has 4 rings (SSSR count). The fraction of sp³-hybridized carbons (Fsp3) is 0.250. The topological polar surface area (TPSA) is 66.1 Å². The Labute approximate surface area is 157 Å². The van der Waals surface area contributed by atoms with Gasteiger partial charge in [-0.2, -0.15) is 4.31 Å². The second-order valence-electron chi connectivity index (χ2n) is 6.68. The number of halogens is 1. The first-order valence-corrected chi connectivity index (χ1v) is 10.3. The van der Waals surface area contributed by atoms with Crippen molar-refractivity contribution in [3.63, 3.8) is 0 Å². The van der Waals surface area contributed by atoms with Crippen LogP contribution in [-0.4, -0.2) is 35.8 Å². The average Bonchev–Trinajstić information content (AvgIpc) is 3.24. The highest BCUT2D eigenvalue weighted by molar-refractivity contribution is 7.89. The Morgan fingerprint density at radius 2 is 1.56 bits per heavy atom. The number of H-pyrrole nitrogens is 1. The zero-order chi connectivity index (χ0) is 18.9.